The Kier molecular flexibility index (Phi) is 5.51. The fraction of sp³-hybridized carbons (Fsp3) is 0.579. The molecule has 24 heavy (non-hydrogen) atoms. The van der Waals surface area contributed by atoms with Crippen molar-refractivity contribution >= 4 is 11.8 Å². The molecular formula is C19H27N3O2. The van der Waals surface area contributed by atoms with Crippen LogP contribution in [0.15, 0.2) is 18.2 Å². The fourth-order valence-corrected chi connectivity index (χ4v) is 3.56. The van der Waals surface area contributed by atoms with E-state index in [2.05, 4.69) is 10.6 Å². The summed E-state index contributed by atoms with van der Waals surface area (Å²) in [7, 11) is 1.89. The van der Waals surface area contributed by atoms with Crippen molar-refractivity contribution in [1.82, 2.24) is 15.5 Å². The largest absolute Gasteiger partial charge is 0.352 e. The molecule has 2 N–H and O–H groups in total. The Balaban J connectivity index is 1.60. The van der Waals surface area contributed by atoms with Gasteiger partial charge in [-0.15, -0.1) is 0 Å². The van der Waals surface area contributed by atoms with E-state index < -0.39 is 0 Å². The summed E-state index contributed by atoms with van der Waals surface area (Å²) in [6.07, 6.45) is 4.70. The molecule has 2 aliphatic heterocycles. The minimum absolute atomic E-state index is 0.0790. The summed E-state index contributed by atoms with van der Waals surface area (Å²) in [5, 5.41) is 6.27. The number of hydrogen-bond donors (Lipinski definition) is 2. The van der Waals surface area contributed by atoms with Crippen LogP contribution < -0.4 is 10.6 Å². The summed E-state index contributed by atoms with van der Waals surface area (Å²) in [4.78, 5) is 26.0. The number of nitrogens with one attached hydrogen (secondary N) is 2. The number of fused-ring (bicyclic) bond motifs is 1. The van der Waals surface area contributed by atoms with Crippen LogP contribution in [0.3, 0.4) is 0 Å². The maximum absolute atomic E-state index is 12.7. The smallest absolute Gasteiger partial charge is 0.253 e. The van der Waals surface area contributed by atoms with Crippen molar-refractivity contribution < 1.29 is 9.59 Å². The lowest BCUT2D eigenvalue weighted by Gasteiger charge is -2.25. The van der Waals surface area contributed by atoms with Crippen molar-refractivity contribution in [3.8, 4) is 0 Å². The van der Waals surface area contributed by atoms with Gasteiger partial charge in [0, 0.05) is 32.1 Å². The molecule has 0 unspecified atom stereocenters. The molecule has 1 aromatic rings. The van der Waals surface area contributed by atoms with Gasteiger partial charge >= 0.3 is 0 Å². The second kappa shape index (κ2) is 7.79. The van der Waals surface area contributed by atoms with Crippen LogP contribution in [0.5, 0.6) is 0 Å². The SMILES string of the molecule is CN(CCC1CCNCC1)C(=O)c1ccc2c(c1)CCC(=O)NC2. The van der Waals surface area contributed by atoms with Crippen LogP contribution in [0.4, 0.5) is 0 Å². The third-order valence-electron chi connectivity index (χ3n) is 5.23. The summed E-state index contributed by atoms with van der Waals surface area (Å²) in [5.41, 5.74) is 2.97. The highest BCUT2D eigenvalue weighted by Gasteiger charge is 2.19. The van der Waals surface area contributed by atoms with Gasteiger partial charge in [0.05, 0.1) is 0 Å². The Bertz CT molecular complexity index is 609. The second-order valence-corrected chi connectivity index (χ2v) is 6.97. The predicted octanol–water partition coefficient (Wildman–Crippen LogP) is 1.71. The van der Waals surface area contributed by atoms with E-state index in [0.29, 0.717) is 19.4 Å². The summed E-state index contributed by atoms with van der Waals surface area (Å²) >= 11 is 0. The molecule has 5 heteroatoms. The quantitative estimate of drug-likeness (QED) is 0.884. The minimum atomic E-state index is 0.0790. The van der Waals surface area contributed by atoms with E-state index in [-0.39, 0.29) is 11.8 Å². The van der Waals surface area contributed by atoms with E-state index in [4.69, 9.17) is 0 Å². The third kappa shape index (κ3) is 4.15. The molecule has 5 nitrogen and oxygen atoms in total. The molecule has 1 fully saturated rings. The normalized spacial score (nSPS) is 18.5. The van der Waals surface area contributed by atoms with Crippen molar-refractivity contribution in [1.29, 1.82) is 0 Å². The Morgan fingerprint density at radius 2 is 2.00 bits per heavy atom. The molecule has 1 saturated heterocycles. The fourth-order valence-electron chi connectivity index (χ4n) is 3.56. The first-order chi connectivity index (χ1) is 11.6. The van der Waals surface area contributed by atoms with Crippen LogP contribution >= 0.6 is 0 Å². The molecule has 2 heterocycles. The molecule has 0 atom stereocenters. The summed E-state index contributed by atoms with van der Waals surface area (Å²) in [6.45, 7) is 3.56. The zero-order valence-electron chi connectivity index (χ0n) is 14.4. The van der Waals surface area contributed by atoms with Crippen LogP contribution in [0.2, 0.25) is 0 Å². The van der Waals surface area contributed by atoms with Crippen LogP contribution in [0, 0.1) is 5.92 Å². The van der Waals surface area contributed by atoms with Gasteiger partial charge in [0.25, 0.3) is 5.91 Å². The molecule has 0 aromatic heterocycles. The van der Waals surface area contributed by atoms with E-state index in [1.165, 1.54) is 12.8 Å². The Hall–Kier alpha value is -1.88. The van der Waals surface area contributed by atoms with Gasteiger partial charge in [-0.05, 0) is 68.0 Å². The lowest BCUT2D eigenvalue weighted by atomic mass is 9.94. The maximum atomic E-state index is 12.7. The van der Waals surface area contributed by atoms with Crippen molar-refractivity contribution in [3.05, 3.63) is 34.9 Å². The lowest BCUT2D eigenvalue weighted by Crippen LogP contribution is -2.32. The van der Waals surface area contributed by atoms with Crippen LogP contribution in [0.25, 0.3) is 0 Å². The first kappa shape index (κ1) is 17.0. The van der Waals surface area contributed by atoms with Gasteiger partial charge in [-0.1, -0.05) is 6.07 Å². The summed E-state index contributed by atoms with van der Waals surface area (Å²) in [6, 6.07) is 5.84. The number of aryl methyl sites for hydroxylation is 1. The first-order valence-corrected chi connectivity index (χ1v) is 8.98. The monoisotopic (exact) mass is 329 g/mol. The number of carbonyl (C=O) groups is 2. The zero-order chi connectivity index (χ0) is 16.9. The first-order valence-electron chi connectivity index (χ1n) is 8.98. The lowest BCUT2D eigenvalue weighted by molar-refractivity contribution is -0.121. The molecule has 130 valence electrons. The van der Waals surface area contributed by atoms with Crippen LogP contribution in [-0.2, 0) is 17.8 Å². The van der Waals surface area contributed by atoms with E-state index in [9.17, 15) is 9.59 Å². The van der Waals surface area contributed by atoms with Crippen molar-refractivity contribution in [2.45, 2.75) is 38.6 Å². The molecule has 0 aliphatic carbocycles. The molecule has 1 aromatic carbocycles. The Morgan fingerprint density at radius 1 is 1.21 bits per heavy atom. The molecule has 0 bridgehead atoms. The average Bonchev–Trinajstić information content (AvgIpc) is 2.81. The second-order valence-electron chi connectivity index (χ2n) is 6.97. The summed E-state index contributed by atoms with van der Waals surface area (Å²) in [5.74, 6) is 0.888. The van der Waals surface area contributed by atoms with Gasteiger partial charge < -0.3 is 15.5 Å². The Labute approximate surface area is 143 Å². The maximum Gasteiger partial charge on any atom is 0.253 e. The number of amides is 2. The van der Waals surface area contributed by atoms with Gasteiger partial charge in [0.15, 0.2) is 0 Å². The molecule has 2 aliphatic rings. The number of hydrogen-bond acceptors (Lipinski definition) is 3. The number of benzene rings is 1. The predicted molar refractivity (Wildman–Crippen MR) is 93.8 cm³/mol. The van der Waals surface area contributed by atoms with E-state index in [1.807, 2.05) is 30.1 Å². The van der Waals surface area contributed by atoms with Crippen molar-refractivity contribution in [2.24, 2.45) is 5.92 Å². The highest BCUT2D eigenvalue weighted by Crippen LogP contribution is 2.19. The van der Waals surface area contributed by atoms with E-state index in [0.717, 1.165) is 48.7 Å². The number of piperidine rings is 1. The van der Waals surface area contributed by atoms with Gasteiger partial charge in [0.1, 0.15) is 0 Å². The molecule has 2 amide bonds. The van der Waals surface area contributed by atoms with Gasteiger partial charge in [-0.3, -0.25) is 9.59 Å². The number of carbonyl (C=O) groups excluding carboxylic acids is 2. The molecule has 0 spiro atoms. The zero-order valence-corrected chi connectivity index (χ0v) is 14.4. The van der Waals surface area contributed by atoms with Crippen LogP contribution in [-0.4, -0.2) is 43.4 Å². The van der Waals surface area contributed by atoms with E-state index in [1.54, 1.807) is 0 Å². The average molecular weight is 329 g/mol. The standard InChI is InChI=1S/C19H27N3O2/c1-22(11-8-14-6-9-20-10-7-14)19(24)16-2-3-17-13-21-18(23)5-4-15(17)12-16/h2-3,12,14,20H,4-11,13H2,1H3,(H,21,23). The topological polar surface area (TPSA) is 61.4 Å². The van der Waals surface area contributed by atoms with Crippen molar-refractivity contribution in [3.63, 3.8) is 0 Å². The molecule has 0 radical (unpaired) electrons. The van der Waals surface area contributed by atoms with Gasteiger partial charge in [-0.25, -0.2) is 0 Å². The Morgan fingerprint density at radius 3 is 2.79 bits per heavy atom. The van der Waals surface area contributed by atoms with Gasteiger partial charge in [0.2, 0.25) is 5.91 Å². The number of rotatable bonds is 4. The van der Waals surface area contributed by atoms with Gasteiger partial charge in [-0.2, -0.15) is 0 Å². The highest BCUT2D eigenvalue weighted by atomic mass is 16.2. The third-order valence-corrected chi connectivity index (χ3v) is 5.23. The molecule has 0 saturated carbocycles. The van der Waals surface area contributed by atoms with E-state index >= 15 is 0 Å². The highest BCUT2D eigenvalue weighted by molar-refractivity contribution is 5.94. The molecular weight excluding hydrogens is 302 g/mol. The van der Waals surface area contributed by atoms with Crippen molar-refractivity contribution in [2.75, 3.05) is 26.7 Å². The summed E-state index contributed by atoms with van der Waals surface area (Å²) < 4.78 is 0. The number of nitrogens with zero attached hydrogens (tertiary/aromatic N) is 1. The van der Waals surface area contributed by atoms with Crippen LogP contribution in [0.1, 0.15) is 47.2 Å². The minimum Gasteiger partial charge on any atom is -0.352 e. The molecule has 3 rings (SSSR count).